The maximum atomic E-state index is 11.9. The van der Waals surface area contributed by atoms with Crippen molar-refractivity contribution >= 4 is 12.4 Å². The van der Waals surface area contributed by atoms with Gasteiger partial charge >= 0.3 is 5.97 Å². The molecule has 0 bridgehead atoms. The Morgan fingerprint density at radius 2 is 2.11 bits per heavy atom. The van der Waals surface area contributed by atoms with Gasteiger partial charge in [-0.15, -0.1) is 0 Å². The molecule has 2 aliphatic rings. The molecule has 3 rings (SSSR count). The molecule has 0 saturated heterocycles. The molecule has 0 amide bonds. The van der Waals surface area contributed by atoms with Crippen LogP contribution in [0.25, 0.3) is 0 Å². The predicted octanol–water partition coefficient (Wildman–Crippen LogP) is 2.60. The second kappa shape index (κ2) is 5.03. The van der Waals surface area contributed by atoms with Gasteiger partial charge in [0.2, 0.25) is 0 Å². The molecule has 1 aliphatic heterocycles. The number of aliphatic imine (C=N–C) groups is 1. The SMILES string of the molecule is CCOC(=O)C1N=COC1c1ccccc1C1CC1. The zero-order valence-electron chi connectivity index (χ0n) is 10.9. The van der Waals surface area contributed by atoms with Crippen molar-refractivity contribution in [2.45, 2.75) is 37.8 Å². The van der Waals surface area contributed by atoms with Crippen LogP contribution < -0.4 is 0 Å². The number of rotatable bonds is 4. The van der Waals surface area contributed by atoms with Crippen LogP contribution in [-0.4, -0.2) is 25.0 Å². The van der Waals surface area contributed by atoms with E-state index in [1.54, 1.807) is 6.92 Å². The third-order valence-corrected chi connectivity index (χ3v) is 3.56. The molecule has 0 aromatic heterocycles. The van der Waals surface area contributed by atoms with E-state index in [-0.39, 0.29) is 12.1 Å². The predicted molar refractivity (Wildman–Crippen MR) is 71.2 cm³/mol. The highest BCUT2D eigenvalue weighted by atomic mass is 16.5. The normalized spacial score (nSPS) is 25.1. The smallest absolute Gasteiger partial charge is 0.335 e. The number of carbonyl (C=O) groups is 1. The molecule has 1 aromatic rings. The Labute approximate surface area is 112 Å². The molecule has 1 saturated carbocycles. The standard InChI is InChI=1S/C15H17NO3/c1-2-18-15(17)13-14(19-9-16-13)12-6-4-3-5-11(12)10-7-8-10/h3-6,9-10,13-14H,2,7-8H2,1H3. The van der Waals surface area contributed by atoms with Crippen LogP contribution in [0.2, 0.25) is 0 Å². The maximum Gasteiger partial charge on any atom is 0.335 e. The fraction of sp³-hybridized carbons (Fsp3) is 0.467. The van der Waals surface area contributed by atoms with E-state index >= 15 is 0 Å². The van der Waals surface area contributed by atoms with Gasteiger partial charge in [-0.05, 0) is 36.8 Å². The van der Waals surface area contributed by atoms with E-state index in [0.29, 0.717) is 12.5 Å². The Morgan fingerprint density at radius 3 is 2.79 bits per heavy atom. The van der Waals surface area contributed by atoms with Crippen LogP contribution in [0.4, 0.5) is 0 Å². The highest BCUT2D eigenvalue weighted by Gasteiger charge is 2.38. The minimum Gasteiger partial charge on any atom is -0.473 e. The van der Waals surface area contributed by atoms with Crippen molar-refractivity contribution in [1.29, 1.82) is 0 Å². The van der Waals surface area contributed by atoms with Gasteiger partial charge in [-0.3, -0.25) is 0 Å². The van der Waals surface area contributed by atoms with Gasteiger partial charge < -0.3 is 9.47 Å². The van der Waals surface area contributed by atoms with E-state index in [0.717, 1.165) is 5.56 Å². The van der Waals surface area contributed by atoms with E-state index in [9.17, 15) is 4.79 Å². The van der Waals surface area contributed by atoms with Crippen LogP contribution in [0.15, 0.2) is 29.3 Å². The van der Waals surface area contributed by atoms with Crippen LogP contribution in [-0.2, 0) is 14.3 Å². The second-order valence-electron chi connectivity index (χ2n) is 4.91. The first-order valence-corrected chi connectivity index (χ1v) is 6.74. The summed E-state index contributed by atoms with van der Waals surface area (Å²) in [6, 6.07) is 7.59. The lowest BCUT2D eigenvalue weighted by Gasteiger charge is -2.19. The molecule has 0 spiro atoms. The summed E-state index contributed by atoms with van der Waals surface area (Å²) in [7, 11) is 0. The number of hydrogen-bond acceptors (Lipinski definition) is 4. The molecule has 4 heteroatoms. The maximum absolute atomic E-state index is 11.9. The topological polar surface area (TPSA) is 47.9 Å². The summed E-state index contributed by atoms with van der Waals surface area (Å²) in [4.78, 5) is 16.0. The fourth-order valence-electron chi connectivity index (χ4n) is 2.51. The number of benzene rings is 1. The van der Waals surface area contributed by atoms with Crippen LogP contribution in [0.1, 0.15) is 42.9 Å². The van der Waals surface area contributed by atoms with Crippen molar-refractivity contribution in [3.63, 3.8) is 0 Å². The third-order valence-electron chi connectivity index (χ3n) is 3.56. The van der Waals surface area contributed by atoms with E-state index in [2.05, 4.69) is 11.1 Å². The zero-order chi connectivity index (χ0) is 13.2. The first kappa shape index (κ1) is 12.2. The Balaban J connectivity index is 1.87. The van der Waals surface area contributed by atoms with E-state index in [4.69, 9.17) is 9.47 Å². The van der Waals surface area contributed by atoms with Gasteiger partial charge in [0.1, 0.15) is 0 Å². The van der Waals surface area contributed by atoms with Crippen LogP contribution in [0.5, 0.6) is 0 Å². The largest absolute Gasteiger partial charge is 0.473 e. The number of ether oxygens (including phenoxy) is 2. The molecule has 0 N–H and O–H groups in total. The zero-order valence-corrected chi connectivity index (χ0v) is 10.9. The van der Waals surface area contributed by atoms with Crippen molar-refractivity contribution in [2.24, 2.45) is 4.99 Å². The molecule has 100 valence electrons. The van der Waals surface area contributed by atoms with Gasteiger partial charge in [-0.2, -0.15) is 0 Å². The molecule has 19 heavy (non-hydrogen) atoms. The second-order valence-corrected chi connectivity index (χ2v) is 4.91. The molecule has 1 aromatic carbocycles. The average molecular weight is 259 g/mol. The lowest BCUT2D eigenvalue weighted by molar-refractivity contribution is -0.146. The Kier molecular flexibility index (Phi) is 3.23. The Morgan fingerprint density at radius 1 is 1.37 bits per heavy atom. The minimum atomic E-state index is -0.570. The molecule has 0 radical (unpaired) electrons. The van der Waals surface area contributed by atoms with E-state index < -0.39 is 6.04 Å². The van der Waals surface area contributed by atoms with Crippen LogP contribution in [0, 0.1) is 0 Å². The van der Waals surface area contributed by atoms with Gasteiger partial charge in [-0.25, -0.2) is 9.79 Å². The third kappa shape index (κ3) is 2.35. The molecule has 4 nitrogen and oxygen atoms in total. The van der Waals surface area contributed by atoms with Crippen molar-refractivity contribution in [2.75, 3.05) is 6.61 Å². The van der Waals surface area contributed by atoms with Crippen molar-refractivity contribution < 1.29 is 14.3 Å². The number of nitrogens with zero attached hydrogens (tertiary/aromatic N) is 1. The van der Waals surface area contributed by atoms with Gasteiger partial charge in [0.05, 0.1) is 6.61 Å². The highest BCUT2D eigenvalue weighted by Crippen LogP contribution is 2.44. The summed E-state index contributed by atoms with van der Waals surface area (Å²) in [6.45, 7) is 2.16. The lowest BCUT2D eigenvalue weighted by Crippen LogP contribution is -2.26. The van der Waals surface area contributed by atoms with Gasteiger partial charge in [0.25, 0.3) is 0 Å². The van der Waals surface area contributed by atoms with Gasteiger partial charge in [0, 0.05) is 0 Å². The summed E-state index contributed by atoms with van der Waals surface area (Å²) >= 11 is 0. The quantitative estimate of drug-likeness (QED) is 0.781. The monoisotopic (exact) mass is 259 g/mol. The first-order chi connectivity index (χ1) is 9.31. The highest BCUT2D eigenvalue weighted by molar-refractivity contribution is 5.80. The Hall–Kier alpha value is -1.84. The first-order valence-electron chi connectivity index (χ1n) is 6.74. The summed E-state index contributed by atoms with van der Waals surface area (Å²) in [5.74, 6) is 0.301. The Bertz CT molecular complexity index is 508. The van der Waals surface area contributed by atoms with Gasteiger partial charge in [0.15, 0.2) is 18.5 Å². The van der Waals surface area contributed by atoms with E-state index in [1.165, 1.54) is 24.8 Å². The van der Waals surface area contributed by atoms with Crippen molar-refractivity contribution in [1.82, 2.24) is 0 Å². The summed E-state index contributed by atoms with van der Waals surface area (Å²) in [5, 5.41) is 0. The van der Waals surface area contributed by atoms with E-state index in [1.807, 2.05) is 18.2 Å². The molecule has 2 atom stereocenters. The van der Waals surface area contributed by atoms with Crippen molar-refractivity contribution in [3.8, 4) is 0 Å². The molecule has 1 aliphatic carbocycles. The van der Waals surface area contributed by atoms with Crippen LogP contribution >= 0.6 is 0 Å². The molecule has 1 heterocycles. The van der Waals surface area contributed by atoms with Crippen molar-refractivity contribution in [3.05, 3.63) is 35.4 Å². The van der Waals surface area contributed by atoms with Gasteiger partial charge in [-0.1, -0.05) is 24.3 Å². The molecule has 1 fully saturated rings. The number of carbonyl (C=O) groups excluding carboxylic acids is 1. The summed E-state index contributed by atoms with van der Waals surface area (Å²) in [5.41, 5.74) is 2.35. The minimum absolute atomic E-state index is 0.313. The molecular weight excluding hydrogens is 242 g/mol. The average Bonchev–Trinajstić information content (AvgIpc) is 3.16. The summed E-state index contributed by atoms with van der Waals surface area (Å²) < 4.78 is 10.6. The molecular formula is C15H17NO3. The number of esters is 1. The van der Waals surface area contributed by atoms with Crippen LogP contribution in [0.3, 0.4) is 0 Å². The molecule has 2 unspecified atom stereocenters. The fourth-order valence-corrected chi connectivity index (χ4v) is 2.51. The lowest BCUT2D eigenvalue weighted by atomic mass is 9.95. The number of hydrogen-bond donors (Lipinski definition) is 0. The summed E-state index contributed by atoms with van der Waals surface area (Å²) in [6.07, 6.45) is 3.47.